The first-order chi connectivity index (χ1) is 18.2. The van der Waals surface area contributed by atoms with E-state index in [9.17, 15) is 0 Å². The van der Waals surface area contributed by atoms with Crippen LogP contribution in [0.2, 0.25) is 0 Å². The number of allylic oxidation sites excluding steroid dienone is 3. The zero-order valence-corrected chi connectivity index (χ0v) is 22.0. The highest BCUT2D eigenvalue weighted by atomic mass is 16.5. The fraction of sp³-hybridized carbons (Fsp3) is 0.371. The van der Waals surface area contributed by atoms with Crippen molar-refractivity contribution in [1.82, 2.24) is 0 Å². The molecule has 37 heavy (non-hydrogen) atoms. The fourth-order valence-corrected chi connectivity index (χ4v) is 7.47. The molecule has 0 spiro atoms. The Morgan fingerprint density at radius 3 is 2.35 bits per heavy atom. The minimum atomic E-state index is 0.192. The predicted molar refractivity (Wildman–Crippen MR) is 151 cm³/mol. The summed E-state index contributed by atoms with van der Waals surface area (Å²) in [5.41, 5.74) is 8.75. The second kappa shape index (κ2) is 10.3. The van der Waals surface area contributed by atoms with Gasteiger partial charge in [-0.25, -0.2) is 0 Å². The highest BCUT2D eigenvalue weighted by molar-refractivity contribution is 5.76. The summed E-state index contributed by atoms with van der Waals surface area (Å²) in [6.45, 7) is 7.96. The molecule has 3 aliphatic carbocycles. The normalized spacial score (nSPS) is 26.2. The summed E-state index contributed by atoms with van der Waals surface area (Å²) in [6.07, 6.45) is 9.26. The number of fused-ring (bicyclic) bond motifs is 5. The fourth-order valence-electron chi connectivity index (χ4n) is 7.47. The van der Waals surface area contributed by atoms with Crippen molar-refractivity contribution in [2.75, 3.05) is 0 Å². The first-order valence-corrected chi connectivity index (χ1v) is 13.9. The Labute approximate surface area is 222 Å². The van der Waals surface area contributed by atoms with Gasteiger partial charge in [-0.1, -0.05) is 85.3 Å². The lowest BCUT2D eigenvalue weighted by atomic mass is 9.57. The van der Waals surface area contributed by atoms with Crippen LogP contribution in [0.4, 0.5) is 0 Å². The monoisotopic (exact) mass is 490 g/mol. The molecule has 1 saturated carbocycles. The highest BCUT2D eigenvalue weighted by Crippen LogP contribution is 2.61. The topological polar surface area (TPSA) is 18.5 Å². The van der Waals surface area contributed by atoms with Crippen LogP contribution in [-0.2, 0) is 24.4 Å². The van der Waals surface area contributed by atoms with E-state index in [0.29, 0.717) is 31.2 Å². The lowest BCUT2D eigenvalue weighted by Gasteiger charge is -2.48. The molecule has 1 fully saturated rings. The molecule has 0 bridgehead atoms. The molecule has 4 atom stereocenters. The van der Waals surface area contributed by atoms with Crippen molar-refractivity contribution in [2.45, 2.75) is 64.8 Å². The van der Waals surface area contributed by atoms with Crippen LogP contribution in [0.5, 0.6) is 5.75 Å². The smallest absolute Gasteiger partial charge is 0.120 e. The average Bonchev–Trinajstić information content (AvgIpc) is 3.27. The maximum atomic E-state index is 6.65. The molecule has 0 aromatic heterocycles. The molecular weight excluding hydrogens is 452 g/mol. The number of ether oxygens (including phenoxy) is 2. The standard InChI is InChI=1S/C35H38O2/c1-3-10-28-22-35(2)32(19-20-33(35)37-24-26-13-8-5-9-14-26)31-17-15-27-21-29(16-18-30(27)34(28)31)36-23-25-11-6-4-7-12-25/h3-9,11-14,16,18,21,31-33H,1,10,15,17,19-20,22-24H2,2H3. The van der Waals surface area contributed by atoms with E-state index in [0.717, 1.165) is 31.4 Å². The van der Waals surface area contributed by atoms with Crippen LogP contribution < -0.4 is 4.74 Å². The number of benzene rings is 3. The summed E-state index contributed by atoms with van der Waals surface area (Å²) in [6, 6.07) is 27.8. The second-order valence-electron chi connectivity index (χ2n) is 11.4. The Balaban J connectivity index is 1.26. The molecule has 3 aromatic rings. The van der Waals surface area contributed by atoms with E-state index in [1.54, 1.807) is 11.1 Å². The third-order valence-corrected chi connectivity index (χ3v) is 9.18. The number of rotatable bonds is 8. The number of hydrogen-bond donors (Lipinski definition) is 0. The first-order valence-electron chi connectivity index (χ1n) is 13.9. The van der Waals surface area contributed by atoms with E-state index in [2.05, 4.69) is 92.4 Å². The van der Waals surface area contributed by atoms with E-state index in [-0.39, 0.29) is 5.41 Å². The van der Waals surface area contributed by atoms with Crippen molar-refractivity contribution in [3.8, 4) is 5.75 Å². The van der Waals surface area contributed by atoms with Crippen LogP contribution in [0.25, 0.3) is 5.57 Å². The van der Waals surface area contributed by atoms with E-state index < -0.39 is 0 Å². The van der Waals surface area contributed by atoms with Crippen LogP contribution in [0, 0.1) is 17.3 Å². The Morgan fingerprint density at radius 1 is 0.892 bits per heavy atom. The molecule has 0 amide bonds. The van der Waals surface area contributed by atoms with Crippen molar-refractivity contribution >= 4 is 5.57 Å². The second-order valence-corrected chi connectivity index (χ2v) is 11.4. The van der Waals surface area contributed by atoms with Gasteiger partial charge in [0.05, 0.1) is 12.7 Å². The van der Waals surface area contributed by atoms with E-state index in [1.807, 2.05) is 6.07 Å². The van der Waals surface area contributed by atoms with Gasteiger partial charge >= 0.3 is 0 Å². The number of hydrogen-bond acceptors (Lipinski definition) is 2. The first kappa shape index (κ1) is 24.2. The van der Waals surface area contributed by atoms with E-state index in [1.165, 1.54) is 35.1 Å². The molecule has 190 valence electrons. The maximum absolute atomic E-state index is 6.65. The van der Waals surface area contributed by atoms with E-state index >= 15 is 0 Å². The van der Waals surface area contributed by atoms with Gasteiger partial charge in [-0.05, 0) is 90.3 Å². The Hall–Kier alpha value is -3.10. The third kappa shape index (κ3) is 4.68. The van der Waals surface area contributed by atoms with Gasteiger partial charge in [-0.3, -0.25) is 0 Å². The van der Waals surface area contributed by atoms with Crippen molar-refractivity contribution in [2.24, 2.45) is 17.3 Å². The van der Waals surface area contributed by atoms with Gasteiger partial charge < -0.3 is 9.47 Å². The minimum Gasteiger partial charge on any atom is -0.489 e. The molecule has 0 heterocycles. The van der Waals surface area contributed by atoms with Gasteiger partial charge in [0.25, 0.3) is 0 Å². The summed E-state index contributed by atoms with van der Waals surface area (Å²) < 4.78 is 12.8. The lowest BCUT2D eigenvalue weighted by Crippen LogP contribution is -2.42. The SMILES string of the molecule is C=CCC1=C2c3ccc(OCc4ccccc4)cc3CCC2C2CCC(OCc3ccccc3)C2(C)C1. The van der Waals surface area contributed by atoms with Crippen molar-refractivity contribution in [1.29, 1.82) is 0 Å². The molecular formula is C35H38O2. The van der Waals surface area contributed by atoms with E-state index in [4.69, 9.17) is 9.47 Å². The Bertz CT molecular complexity index is 1280. The van der Waals surface area contributed by atoms with Gasteiger partial charge in [0.15, 0.2) is 0 Å². The van der Waals surface area contributed by atoms with Crippen LogP contribution in [0.1, 0.15) is 61.3 Å². The van der Waals surface area contributed by atoms with Crippen LogP contribution in [0.15, 0.2) is 97.1 Å². The van der Waals surface area contributed by atoms with Gasteiger partial charge in [0, 0.05) is 5.41 Å². The van der Waals surface area contributed by atoms with Crippen molar-refractivity contribution in [3.63, 3.8) is 0 Å². The zero-order chi connectivity index (χ0) is 25.2. The van der Waals surface area contributed by atoms with Crippen LogP contribution in [0.3, 0.4) is 0 Å². The van der Waals surface area contributed by atoms with Gasteiger partial charge in [-0.15, -0.1) is 6.58 Å². The molecule has 6 rings (SSSR count). The summed E-state index contributed by atoms with van der Waals surface area (Å²) in [5, 5.41) is 0. The number of aryl methyl sites for hydroxylation is 1. The molecule has 2 nitrogen and oxygen atoms in total. The molecule has 0 saturated heterocycles. The molecule has 0 radical (unpaired) electrons. The summed E-state index contributed by atoms with van der Waals surface area (Å²) in [4.78, 5) is 0. The van der Waals surface area contributed by atoms with Gasteiger partial charge in [0.1, 0.15) is 12.4 Å². The zero-order valence-electron chi connectivity index (χ0n) is 22.0. The van der Waals surface area contributed by atoms with Gasteiger partial charge in [0.2, 0.25) is 0 Å². The minimum absolute atomic E-state index is 0.192. The molecule has 4 unspecified atom stereocenters. The van der Waals surface area contributed by atoms with Crippen LogP contribution >= 0.6 is 0 Å². The lowest BCUT2D eigenvalue weighted by molar-refractivity contribution is -0.0466. The third-order valence-electron chi connectivity index (χ3n) is 9.18. The summed E-state index contributed by atoms with van der Waals surface area (Å²) >= 11 is 0. The van der Waals surface area contributed by atoms with Gasteiger partial charge in [-0.2, -0.15) is 0 Å². The Kier molecular flexibility index (Phi) is 6.78. The molecule has 3 aliphatic rings. The predicted octanol–water partition coefficient (Wildman–Crippen LogP) is 8.56. The molecule has 2 heteroatoms. The molecule has 0 aliphatic heterocycles. The summed E-state index contributed by atoms with van der Waals surface area (Å²) in [7, 11) is 0. The summed E-state index contributed by atoms with van der Waals surface area (Å²) in [5.74, 6) is 2.27. The van der Waals surface area contributed by atoms with Crippen molar-refractivity contribution in [3.05, 3.63) is 119 Å². The highest BCUT2D eigenvalue weighted by Gasteiger charge is 2.54. The Morgan fingerprint density at radius 2 is 1.62 bits per heavy atom. The average molecular weight is 491 g/mol. The van der Waals surface area contributed by atoms with Crippen LogP contribution in [-0.4, -0.2) is 6.10 Å². The molecule has 0 N–H and O–H groups in total. The maximum Gasteiger partial charge on any atom is 0.120 e. The largest absolute Gasteiger partial charge is 0.489 e. The molecule has 3 aromatic carbocycles. The van der Waals surface area contributed by atoms with Crippen molar-refractivity contribution < 1.29 is 9.47 Å². The quantitative estimate of drug-likeness (QED) is 0.294.